The third-order valence-electron chi connectivity index (χ3n) is 7.22. The molecule has 4 N–H and O–H groups in total. The van der Waals surface area contributed by atoms with Gasteiger partial charge in [0.05, 0.1) is 29.9 Å². The Balaban J connectivity index is 1.52. The summed E-state index contributed by atoms with van der Waals surface area (Å²) in [5.41, 5.74) is 2.13. The molecule has 3 aromatic rings. The van der Waals surface area contributed by atoms with Crippen molar-refractivity contribution in [2.24, 2.45) is 0 Å². The third-order valence-corrected chi connectivity index (χ3v) is 7.22. The fourth-order valence-electron chi connectivity index (χ4n) is 4.88. The van der Waals surface area contributed by atoms with E-state index in [9.17, 15) is 33.8 Å². The molecule has 5 rings (SSSR count). The minimum absolute atomic E-state index is 0.0830. The maximum atomic E-state index is 13.8. The molecule has 0 aliphatic carbocycles. The highest BCUT2D eigenvalue weighted by atomic mass is 19.1. The number of imidazole rings is 1. The first-order valence-corrected chi connectivity index (χ1v) is 12.6. The normalized spacial score (nSPS) is 24.2. The van der Waals surface area contributed by atoms with Crippen LogP contribution in [-0.2, 0) is 39.9 Å². The second kappa shape index (κ2) is 9.82. The van der Waals surface area contributed by atoms with E-state index in [0.717, 1.165) is 22.4 Å². The summed E-state index contributed by atoms with van der Waals surface area (Å²) in [6.07, 6.45) is -3.03. The van der Waals surface area contributed by atoms with E-state index in [-0.39, 0.29) is 18.0 Å². The van der Waals surface area contributed by atoms with Gasteiger partial charge in [-0.2, -0.15) is 0 Å². The van der Waals surface area contributed by atoms with Crippen LogP contribution in [0.3, 0.4) is 0 Å². The van der Waals surface area contributed by atoms with Gasteiger partial charge in [0.15, 0.2) is 11.2 Å². The monoisotopic (exact) mass is 570 g/mol. The molecule has 4 heterocycles. The van der Waals surface area contributed by atoms with Crippen molar-refractivity contribution in [2.45, 2.75) is 64.8 Å². The zero-order valence-electron chi connectivity index (χ0n) is 22.5. The summed E-state index contributed by atoms with van der Waals surface area (Å²) in [6, 6.07) is 4.34. The van der Waals surface area contributed by atoms with Crippen LogP contribution >= 0.6 is 0 Å². The van der Waals surface area contributed by atoms with E-state index in [0.29, 0.717) is 17.0 Å². The summed E-state index contributed by atoms with van der Waals surface area (Å²) >= 11 is 0. The van der Waals surface area contributed by atoms with E-state index < -0.39 is 54.3 Å². The molecule has 2 aromatic heterocycles. The smallest absolute Gasteiger partial charge is 0.401 e. The first-order valence-electron chi connectivity index (χ1n) is 12.6. The number of halogens is 1. The number of cyclic esters (lactones) is 1. The van der Waals surface area contributed by atoms with Crippen molar-refractivity contribution in [3.8, 4) is 0 Å². The summed E-state index contributed by atoms with van der Waals surface area (Å²) in [6.45, 7) is 7.44. The van der Waals surface area contributed by atoms with Crippen LogP contribution in [-0.4, -0.2) is 61.1 Å². The predicted octanol–water partition coefficient (Wildman–Crippen LogP) is 1.44. The number of aromatic nitrogens is 2. The Morgan fingerprint density at radius 2 is 1.76 bits per heavy atom. The van der Waals surface area contributed by atoms with Crippen molar-refractivity contribution >= 4 is 40.8 Å². The summed E-state index contributed by atoms with van der Waals surface area (Å²) in [4.78, 5) is 55.4. The number of anilines is 2. The fraction of sp³-hybridized carbons (Fsp3) is 0.370. The Hall–Kier alpha value is -4.56. The second-order valence-corrected chi connectivity index (χ2v) is 10.2. The Morgan fingerprint density at radius 1 is 1.10 bits per heavy atom. The molecule has 2 aliphatic rings. The van der Waals surface area contributed by atoms with Gasteiger partial charge in [-0.25, -0.2) is 14.2 Å². The van der Waals surface area contributed by atoms with E-state index in [2.05, 4.69) is 15.6 Å². The minimum Gasteiger partial charge on any atom is -0.426 e. The molecule has 216 valence electrons. The summed E-state index contributed by atoms with van der Waals surface area (Å²) in [7, 11) is 0. The number of aryl methyl sites for hydroxylation is 4. The minimum atomic E-state index is -3.14. The van der Waals surface area contributed by atoms with Crippen molar-refractivity contribution in [3.63, 3.8) is 0 Å². The number of carbonyl (C=O) groups is 4. The van der Waals surface area contributed by atoms with Crippen LogP contribution < -0.4 is 10.6 Å². The molecule has 0 spiro atoms. The highest BCUT2D eigenvalue weighted by Crippen LogP contribution is 2.36. The van der Waals surface area contributed by atoms with Gasteiger partial charge in [0.2, 0.25) is 0 Å². The molecule has 0 radical (unpaired) electrons. The number of carbonyl (C=O) groups excluding carboxylic acids is 4. The number of rotatable bonds is 5. The third kappa shape index (κ3) is 4.85. The van der Waals surface area contributed by atoms with Crippen LogP contribution in [0.1, 0.15) is 40.9 Å². The van der Waals surface area contributed by atoms with E-state index in [1.165, 1.54) is 24.4 Å². The molecule has 2 bridgehead atoms. The quantitative estimate of drug-likeness (QED) is 0.326. The molecule has 41 heavy (non-hydrogen) atoms. The molecule has 1 aromatic carbocycles. The average Bonchev–Trinajstić information content (AvgIpc) is 3.11. The van der Waals surface area contributed by atoms with Gasteiger partial charge in [-0.05, 0) is 62.6 Å². The number of amides is 1. The van der Waals surface area contributed by atoms with E-state index >= 15 is 0 Å². The lowest BCUT2D eigenvalue weighted by Gasteiger charge is -2.34. The highest BCUT2D eigenvalue weighted by molar-refractivity contribution is 6.03. The largest absolute Gasteiger partial charge is 0.426 e. The second-order valence-electron chi connectivity index (χ2n) is 10.2. The van der Waals surface area contributed by atoms with Gasteiger partial charge in [0.25, 0.3) is 6.29 Å². The lowest BCUT2D eigenvalue weighted by atomic mass is 9.95. The van der Waals surface area contributed by atoms with Gasteiger partial charge < -0.3 is 39.5 Å². The molecule has 3 atom stereocenters. The van der Waals surface area contributed by atoms with Crippen LogP contribution in [0.25, 0.3) is 5.65 Å². The van der Waals surface area contributed by atoms with Crippen molar-refractivity contribution in [3.05, 3.63) is 58.3 Å². The van der Waals surface area contributed by atoms with Crippen LogP contribution in [0.4, 0.5) is 15.8 Å². The van der Waals surface area contributed by atoms with Crippen molar-refractivity contribution in [1.29, 1.82) is 0 Å². The van der Waals surface area contributed by atoms with Crippen LogP contribution in [0.15, 0.2) is 24.4 Å². The zero-order chi connectivity index (χ0) is 29.9. The van der Waals surface area contributed by atoms with Crippen LogP contribution in [0, 0.1) is 33.5 Å². The molecule has 3 unspecified atom stereocenters. The zero-order valence-corrected chi connectivity index (χ0v) is 22.5. The number of hydrogen-bond acceptors (Lipinski definition) is 11. The van der Waals surface area contributed by atoms with Crippen molar-refractivity contribution < 1.29 is 48.0 Å². The SMILES string of the molecule is Cc1cc(F)cc(C)c1CNc1cc(NC(=O)C23OC(=O)CC(O)(CC(=O)OC2O)C(=O)O3)cn2c(C)c(C)nc12. The molecule has 1 amide bonds. The Morgan fingerprint density at radius 3 is 2.44 bits per heavy atom. The van der Waals surface area contributed by atoms with E-state index in [4.69, 9.17) is 14.2 Å². The van der Waals surface area contributed by atoms with Crippen molar-refractivity contribution in [1.82, 2.24) is 9.38 Å². The number of esters is 3. The topological polar surface area (TPSA) is 178 Å². The van der Waals surface area contributed by atoms with E-state index in [1.54, 1.807) is 32.1 Å². The van der Waals surface area contributed by atoms with Gasteiger partial charge in [-0.3, -0.25) is 14.4 Å². The van der Waals surface area contributed by atoms with Gasteiger partial charge in [-0.1, -0.05) is 0 Å². The Labute approximate surface area is 232 Å². The predicted molar refractivity (Wildman–Crippen MR) is 138 cm³/mol. The molecule has 13 nitrogen and oxygen atoms in total. The molecule has 2 fully saturated rings. The lowest BCUT2D eigenvalue weighted by molar-refractivity contribution is -0.296. The van der Waals surface area contributed by atoms with Crippen LogP contribution in [0.5, 0.6) is 0 Å². The Bertz CT molecular complexity index is 1610. The molecule has 2 aliphatic heterocycles. The Kier molecular flexibility index (Phi) is 6.70. The fourth-order valence-corrected chi connectivity index (χ4v) is 4.88. The molecule has 2 saturated heterocycles. The number of fused-ring (bicyclic) bond motifs is 4. The number of benzene rings is 1. The number of hydrogen-bond donors (Lipinski definition) is 4. The maximum absolute atomic E-state index is 13.8. The van der Waals surface area contributed by atoms with E-state index in [1.807, 2.05) is 0 Å². The van der Waals surface area contributed by atoms with Gasteiger partial charge in [-0.15, -0.1) is 0 Å². The molecule has 0 saturated carbocycles. The number of nitrogens with zero attached hydrogens (tertiary/aromatic N) is 2. The van der Waals surface area contributed by atoms with Gasteiger partial charge in [0, 0.05) is 18.4 Å². The lowest BCUT2D eigenvalue weighted by Crippen LogP contribution is -2.61. The molecular formula is C27H27FN4O9. The average molecular weight is 571 g/mol. The first kappa shape index (κ1) is 28.0. The number of nitrogens with one attached hydrogen (secondary N) is 2. The van der Waals surface area contributed by atoms with Crippen molar-refractivity contribution in [2.75, 3.05) is 10.6 Å². The molecular weight excluding hydrogens is 543 g/mol. The van der Waals surface area contributed by atoms with Gasteiger partial charge in [0.1, 0.15) is 5.82 Å². The number of pyridine rings is 1. The number of aliphatic hydroxyl groups is 2. The number of ether oxygens (including phenoxy) is 3. The summed E-state index contributed by atoms with van der Waals surface area (Å²) in [5, 5.41) is 26.8. The summed E-state index contributed by atoms with van der Waals surface area (Å²) in [5.74, 6) is -8.91. The van der Waals surface area contributed by atoms with Crippen LogP contribution in [0.2, 0.25) is 0 Å². The molecule has 14 heteroatoms. The summed E-state index contributed by atoms with van der Waals surface area (Å²) < 4.78 is 30.3. The highest BCUT2D eigenvalue weighted by Gasteiger charge is 2.63. The standard InChI is InChI=1S/C27H27FN4O9/c1-12-5-16(28)6-13(2)18(12)10-29-19-7-17(11-32-15(4)14(3)30-22(19)32)31-23(35)27-25(37)39-20(33)8-26(38,24(36)41-27)9-21(34)40-27/h5-7,11,25,29,37-38H,8-10H2,1-4H3,(H,31,35). The number of aliphatic hydroxyl groups excluding tert-OH is 1. The first-order chi connectivity index (χ1) is 19.2. The maximum Gasteiger partial charge on any atom is 0.401 e. The van der Waals surface area contributed by atoms with Gasteiger partial charge >= 0.3 is 29.6 Å².